The molecule has 6 heteroatoms. The van der Waals surface area contributed by atoms with Gasteiger partial charge in [0.1, 0.15) is 19.0 Å². The summed E-state index contributed by atoms with van der Waals surface area (Å²) in [6.45, 7) is 2.68. The lowest BCUT2D eigenvalue weighted by molar-refractivity contribution is 0.172. The molecule has 1 aromatic heterocycles. The van der Waals surface area contributed by atoms with Crippen LogP contribution in [0.15, 0.2) is 36.4 Å². The van der Waals surface area contributed by atoms with Crippen molar-refractivity contribution in [3.8, 4) is 17.6 Å². The normalized spacial score (nSPS) is 12.9. The van der Waals surface area contributed by atoms with Gasteiger partial charge in [0.2, 0.25) is 0 Å². The van der Waals surface area contributed by atoms with Gasteiger partial charge in [-0.05, 0) is 24.7 Å². The van der Waals surface area contributed by atoms with Gasteiger partial charge in [0, 0.05) is 31.6 Å². The van der Waals surface area contributed by atoms with Gasteiger partial charge < -0.3 is 19.4 Å². The smallest absolute Gasteiger partial charge is 0.163 e. The van der Waals surface area contributed by atoms with Crippen molar-refractivity contribution in [3.05, 3.63) is 53.3 Å². The Morgan fingerprint density at radius 1 is 1.15 bits per heavy atom. The first-order valence-corrected chi connectivity index (χ1v) is 8.71. The maximum Gasteiger partial charge on any atom is 0.163 e. The first kappa shape index (κ1) is 16.4. The van der Waals surface area contributed by atoms with E-state index in [4.69, 9.17) is 19.7 Å². The molecule has 0 saturated carbocycles. The van der Waals surface area contributed by atoms with E-state index in [9.17, 15) is 0 Å². The fourth-order valence-electron chi connectivity index (χ4n) is 3.18. The summed E-state index contributed by atoms with van der Waals surface area (Å²) in [7, 11) is 1.94. The van der Waals surface area contributed by atoms with Crippen LogP contribution in [-0.4, -0.2) is 36.4 Å². The zero-order chi connectivity index (χ0) is 17.9. The average Bonchev–Trinajstić information content (AvgIpc) is 3.01. The van der Waals surface area contributed by atoms with E-state index in [1.54, 1.807) is 0 Å². The largest absolute Gasteiger partial charge is 0.486 e. The molecular weight excluding hydrogens is 328 g/mol. The van der Waals surface area contributed by atoms with Crippen LogP contribution >= 0.6 is 0 Å². The van der Waals surface area contributed by atoms with Crippen molar-refractivity contribution in [1.82, 2.24) is 14.9 Å². The molecule has 2 aromatic carbocycles. The van der Waals surface area contributed by atoms with Gasteiger partial charge in [-0.3, -0.25) is 0 Å². The average molecular weight is 348 g/mol. The van der Waals surface area contributed by atoms with E-state index in [0.29, 0.717) is 25.3 Å². The van der Waals surface area contributed by atoms with E-state index < -0.39 is 0 Å². The molecule has 0 bridgehead atoms. The number of ether oxygens (including phenoxy) is 2. The third-order valence-corrected chi connectivity index (χ3v) is 4.51. The van der Waals surface area contributed by atoms with E-state index >= 15 is 0 Å². The van der Waals surface area contributed by atoms with Crippen LogP contribution in [0.2, 0.25) is 0 Å². The lowest BCUT2D eigenvalue weighted by atomic mass is 10.1. The second-order valence-electron chi connectivity index (χ2n) is 6.26. The highest BCUT2D eigenvalue weighted by molar-refractivity contribution is 5.81. The molecule has 1 aliphatic heterocycles. The van der Waals surface area contributed by atoms with Gasteiger partial charge in [-0.15, -0.1) is 0 Å². The minimum atomic E-state index is 0.564. The maximum atomic E-state index is 8.98. The van der Waals surface area contributed by atoms with E-state index in [1.807, 2.05) is 43.4 Å². The minimum absolute atomic E-state index is 0.564. The van der Waals surface area contributed by atoms with Crippen LogP contribution in [0, 0.1) is 11.3 Å². The van der Waals surface area contributed by atoms with Gasteiger partial charge in [-0.25, -0.2) is 4.98 Å². The molecule has 26 heavy (non-hydrogen) atoms. The SMILES string of the molecule is CNCCc1nc2cc3c(cc2n1Cc1ccc(C#N)cc1)OCCO3. The van der Waals surface area contributed by atoms with Gasteiger partial charge in [0.05, 0.1) is 22.7 Å². The van der Waals surface area contributed by atoms with Crippen molar-refractivity contribution in [2.45, 2.75) is 13.0 Å². The molecule has 0 fully saturated rings. The van der Waals surface area contributed by atoms with Crippen LogP contribution in [0.3, 0.4) is 0 Å². The molecule has 3 aromatic rings. The van der Waals surface area contributed by atoms with Crippen LogP contribution < -0.4 is 14.8 Å². The summed E-state index contributed by atoms with van der Waals surface area (Å²) in [5.74, 6) is 2.54. The van der Waals surface area contributed by atoms with E-state index in [-0.39, 0.29) is 0 Å². The summed E-state index contributed by atoms with van der Waals surface area (Å²) < 4.78 is 13.6. The predicted octanol–water partition coefficient (Wildman–Crippen LogP) is 2.49. The Hall–Kier alpha value is -3.04. The van der Waals surface area contributed by atoms with Crippen molar-refractivity contribution in [2.75, 3.05) is 26.8 Å². The highest BCUT2D eigenvalue weighted by Gasteiger charge is 2.18. The summed E-state index contributed by atoms with van der Waals surface area (Å²) in [6, 6.07) is 13.8. The van der Waals surface area contributed by atoms with Gasteiger partial charge in [0.25, 0.3) is 0 Å². The maximum absolute atomic E-state index is 8.98. The molecule has 132 valence electrons. The number of hydrogen-bond acceptors (Lipinski definition) is 5. The quantitative estimate of drug-likeness (QED) is 0.767. The lowest BCUT2D eigenvalue weighted by Gasteiger charge is -2.18. The molecule has 0 saturated heterocycles. The zero-order valence-corrected chi connectivity index (χ0v) is 14.7. The number of imidazole rings is 1. The number of nitrogens with zero attached hydrogens (tertiary/aromatic N) is 3. The second-order valence-corrected chi connectivity index (χ2v) is 6.26. The van der Waals surface area contributed by atoms with Gasteiger partial charge >= 0.3 is 0 Å². The number of aromatic nitrogens is 2. The number of likely N-dealkylation sites (N-methyl/N-ethyl adjacent to an activating group) is 1. The van der Waals surface area contributed by atoms with Crippen LogP contribution in [0.4, 0.5) is 0 Å². The van der Waals surface area contributed by atoms with Crippen LogP contribution in [0.25, 0.3) is 11.0 Å². The van der Waals surface area contributed by atoms with E-state index in [1.165, 1.54) is 0 Å². The number of nitriles is 1. The molecule has 0 aliphatic carbocycles. The summed E-state index contributed by atoms with van der Waals surface area (Å²) in [6.07, 6.45) is 0.827. The standard InChI is InChI=1S/C20H20N4O2/c1-22-7-6-20-23-16-10-18-19(26-9-8-25-18)11-17(16)24(20)13-15-4-2-14(12-21)3-5-15/h2-5,10-11,22H,6-9,13H2,1H3. The topological polar surface area (TPSA) is 72.1 Å². The van der Waals surface area contributed by atoms with Crippen molar-refractivity contribution in [3.63, 3.8) is 0 Å². The summed E-state index contributed by atoms with van der Waals surface area (Å²) in [4.78, 5) is 4.82. The van der Waals surface area contributed by atoms with Crippen molar-refractivity contribution in [1.29, 1.82) is 5.26 Å². The number of nitrogens with one attached hydrogen (secondary N) is 1. The molecule has 1 N–H and O–H groups in total. The van der Waals surface area contributed by atoms with E-state index in [0.717, 1.165) is 46.9 Å². The van der Waals surface area contributed by atoms with E-state index in [2.05, 4.69) is 16.0 Å². The molecule has 6 nitrogen and oxygen atoms in total. The number of rotatable bonds is 5. The third-order valence-electron chi connectivity index (χ3n) is 4.51. The minimum Gasteiger partial charge on any atom is -0.486 e. The molecule has 0 spiro atoms. The highest BCUT2D eigenvalue weighted by Crippen LogP contribution is 2.35. The van der Waals surface area contributed by atoms with Gasteiger partial charge in [-0.1, -0.05) is 12.1 Å². The summed E-state index contributed by atoms with van der Waals surface area (Å²) in [5, 5.41) is 12.2. The van der Waals surface area contributed by atoms with Crippen LogP contribution in [0.1, 0.15) is 17.0 Å². The molecule has 1 aliphatic rings. The Morgan fingerprint density at radius 3 is 2.58 bits per heavy atom. The molecule has 0 radical (unpaired) electrons. The Kier molecular flexibility index (Phi) is 4.46. The molecule has 2 heterocycles. The first-order chi connectivity index (χ1) is 12.8. The van der Waals surface area contributed by atoms with Crippen molar-refractivity contribution < 1.29 is 9.47 Å². The Bertz CT molecular complexity index is 970. The molecule has 0 amide bonds. The van der Waals surface area contributed by atoms with Crippen molar-refractivity contribution in [2.24, 2.45) is 0 Å². The highest BCUT2D eigenvalue weighted by atomic mass is 16.6. The van der Waals surface area contributed by atoms with Crippen LogP contribution in [-0.2, 0) is 13.0 Å². The first-order valence-electron chi connectivity index (χ1n) is 8.71. The Morgan fingerprint density at radius 2 is 1.88 bits per heavy atom. The molecule has 0 unspecified atom stereocenters. The molecular formula is C20H20N4O2. The van der Waals surface area contributed by atoms with Crippen molar-refractivity contribution >= 4 is 11.0 Å². The fraction of sp³-hybridized carbons (Fsp3) is 0.300. The van der Waals surface area contributed by atoms with Crippen LogP contribution in [0.5, 0.6) is 11.5 Å². The number of fused-ring (bicyclic) bond motifs is 2. The Labute approximate surface area is 152 Å². The summed E-state index contributed by atoms with van der Waals surface area (Å²) >= 11 is 0. The monoisotopic (exact) mass is 348 g/mol. The number of hydrogen-bond donors (Lipinski definition) is 1. The lowest BCUT2D eigenvalue weighted by Crippen LogP contribution is -2.15. The Balaban J connectivity index is 1.77. The predicted molar refractivity (Wildman–Crippen MR) is 98.6 cm³/mol. The zero-order valence-electron chi connectivity index (χ0n) is 14.7. The van der Waals surface area contributed by atoms with Gasteiger partial charge in [0.15, 0.2) is 11.5 Å². The second kappa shape index (κ2) is 7.06. The molecule has 4 rings (SSSR count). The molecule has 0 atom stereocenters. The van der Waals surface area contributed by atoms with Gasteiger partial charge in [-0.2, -0.15) is 5.26 Å². The third kappa shape index (κ3) is 3.09. The summed E-state index contributed by atoms with van der Waals surface area (Å²) in [5.41, 5.74) is 3.74. The number of benzene rings is 2. The fourth-order valence-corrected chi connectivity index (χ4v) is 3.18.